The summed E-state index contributed by atoms with van der Waals surface area (Å²) in [5.41, 5.74) is 0.789. The van der Waals surface area contributed by atoms with Crippen LogP contribution in [0.4, 0.5) is 10.1 Å². The number of anilines is 1. The number of nitrogens with zero attached hydrogens (tertiary/aromatic N) is 2. The average Bonchev–Trinajstić information content (AvgIpc) is 2.86. The first-order chi connectivity index (χ1) is 16.7. The molecule has 0 atom stereocenters. The summed E-state index contributed by atoms with van der Waals surface area (Å²) in [6.07, 6.45) is 3.37. The summed E-state index contributed by atoms with van der Waals surface area (Å²) in [4.78, 5) is 18.6. The molecule has 4 rings (SSSR count). The smallest absolute Gasteiger partial charge is 0.258 e. The number of carbonyl (C=O) groups excluding carboxylic acids is 1. The Balaban J connectivity index is 1.79. The molecule has 1 fully saturated rings. The summed E-state index contributed by atoms with van der Waals surface area (Å²) in [5.74, 6) is -1.04. The lowest BCUT2D eigenvalue weighted by atomic mass is 9.90. The van der Waals surface area contributed by atoms with E-state index in [1.165, 1.54) is 53.7 Å². The number of halogens is 2. The molecule has 0 bridgehead atoms. The molecule has 0 aliphatic carbocycles. The van der Waals surface area contributed by atoms with Crippen molar-refractivity contribution in [2.24, 2.45) is 0 Å². The van der Waals surface area contributed by atoms with Crippen LogP contribution in [0.3, 0.4) is 0 Å². The van der Waals surface area contributed by atoms with E-state index in [-0.39, 0.29) is 48.6 Å². The van der Waals surface area contributed by atoms with E-state index in [4.69, 9.17) is 16.3 Å². The van der Waals surface area contributed by atoms with Gasteiger partial charge in [0, 0.05) is 42.2 Å². The van der Waals surface area contributed by atoms with Crippen LogP contribution < -0.4 is 4.90 Å². The van der Waals surface area contributed by atoms with Gasteiger partial charge in [-0.15, -0.1) is 0 Å². The van der Waals surface area contributed by atoms with Crippen molar-refractivity contribution in [3.05, 3.63) is 89.0 Å². The van der Waals surface area contributed by atoms with Crippen molar-refractivity contribution in [1.82, 2.24) is 4.98 Å². The van der Waals surface area contributed by atoms with Gasteiger partial charge < -0.3 is 9.64 Å². The van der Waals surface area contributed by atoms with Crippen LogP contribution in [-0.4, -0.2) is 38.6 Å². The largest absolute Gasteiger partial charge is 0.381 e. The van der Waals surface area contributed by atoms with Crippen molar-refractivity contribution in [2.75, 3.05) is 18.1 Å². The Morgan fingerprint density at radius 1 is 1.06 bits per heavy atom. The molecule has 1 aliphatic heterocycles. The zero-order valence-electron chi connectivity index (χ0n) is 19.4. The predicted molar refractivity (Wildman–Crippen MR) is 133 cm³/mol. The Kier molecular flexibility index (Phi) is 7.26. The minimum atomic E-state index is -3.91. The molecule has 0 saturated carbocycles. The summed E-state index contributed by atoms with van der Waals surface area (Å²) in [5, 5.41) is 0.424. The number of benzene rings is 2. The number of hydrogen-bond acceptors (Lipinski definition) is 5. The van der Waals surface area contributed by atoms with Crippen molar-refractivity contribution in [1.29, 1.82) is 0 Å². The third-order valence-electron chi connectivity index (χ3n) is 6.33. The van der Waals surface area contributed by atoms with Gasteiger partial charge in [-0.25, -0.2) is 12.8 Å². The number of sulfone groups is 1. The second kappa shape index (κ2) is 10.0. The quantitative estimate of drug-likeness (QED) is 0.438. The zero-order valence-corrected chi connectivity index (χ0v) is 21.0. The monoisotopic (exact) mass is 516 g/mol. The molecule has 0 spiro atoms. The lowest BCUT2D eigenvalue weighted by molar-refractivity contribution is 0.0739. The maximum atomic E-state index is 15.7. The summed E-state index contributed by atoms with van der Waals surface area (Å²) < 4.78 is 47.5. The number of amides is 1. The van der Waals surface area contributed by atoms with Gasteiger partial charge in [-0.2, -0.15) is 0 Å². The summed E-state index contributed by atoms with van der Waals surface area (Å²) in [6, 6.07) is 13.1. The molecule has 35 heavy (non-hydrogen) atoms. The molecule has 3 aromatic rings. The highest BCUT2D eigenvalue weighted by molar-refractivity contribution is 7.92. The van der Waals surface area contributed by atoms with Gasteiger partial charge in [0.25, 0.3) is 5.91 Å². The van der Waals surface area contributed by atoms with E-state index in [9.17, 15) is 13.2 Å². The van der Waals surface area contributed by atoms with Crippen molar-refractivity contribution >= 4 is 33.0 Å². The minimum Gasteiger partial charge on any atom is -0.381 e. The van der Waals surface area contributed by atoms with Crippen LogP contribution >= 0.6 is 11.6 Å². The second-order valence-corrected chi connectivity index (χ2v) is 11.4. The van der Waals surface area contributed by atoms with Gasteiger partial charge in [-0.3, -0.25) is 9.78 Å². The Morgan fingerprint density at radius 2 is 1.69 bits per heavy atom. The molecule has 2 heterocycles. The molecule has 2 aromatic carbocycles. The average molecular weight is 517 g/mol. The summed E-state index contributed by atoms with van der Waals surface area (Å²) in [6.45, 7) is 4.04. The normalized spacial score (nSPS) is 15.7. The van der Waals surface area contributed by atoms with Gasteiger partial charge in [0.2, 0.25) is 0 Å². The fourth-order valence-electron chi connectivity index (χ4n) is 4.49. The maximum absolute atomic E-state index is 15.7. The molecule has 1 aromatic heterocycles. The van der Waals surface area contributed by atoms with Gasteiger partial charge in [0.15, 0.2) is 9.84 Å². The topological polar surface area (TPSA) is 76.6 Å². The van der Waals surface area contributed by atoms with E-state index in [0.717, 1.165) is 0 Å². The van der Waals surface area contributed by atoms with Crippen LogP contribution in [0.15, 0.2) is 71.9 Å². The van der Waals surface area contributed by atoms with Crippen LogP contribution in [-0.2, 0) is 19.3 Å². The number of aromatic nitrogens is 1. The lowest BCUT2D eigenvalue weighted by Gasteiger charge is -2.37. The highest BCUT2D eigenvalue weighted by atomic mass is 35.5. The van der Waals surface area contributed by atoms with Crippen molar-refractivity contribution < 1.29 is 22.3 Å². The van der Waals surface area contributed by atoms with E-state index < -0.39 is 20.4 Å². The van der Waals surface area contributed by atoms with E-state index in [1.807, 2.05) is 0 Å². The Bertz CT molecular complexity index is 1310. The lowest BCUT2D eigenvalue weighted by Crippen LogP contribution is -2.42. The number of hydrogen-bond donors (Lipinski definition) is 0. The molecule has 0 unspecified atom stereocenters. The van der Waals surface area contributed by atoms with Gasteiger partial charge >= 0.3 is 0 Å². The maximum Gasteiger partial charge on any atom is 0.258 e. The van der Waals surface area contributed by atoms with Crippen LogP contribution in [0.5, 0.6) is 0 Å². The number of pyridine rings is 1. The van der Waals surface area contributed by atoms with Crippen LogP contribution in [0.1, 0.15) is 42.6 Å². The molecule has 0 N–H and O–H groups in total. The second-order valence-electron chi connectivity index (χ2n) is 8.74. The highest BCUT2D eigenvalue weighted by Gasteiger charge is 2.47. The summed E-state index contributed by atoms with van der Waals surface area (Å²) in [7, 11) is -3.91. The van der Waals surface area contributed by atoms with Crippen molar-refractivity contribution in [2.45, 2.75) is 42.4 Å². The van der Waals surface area contributed by atoms with E-state index >= 15 is 4.39 Å². The molecule has 6 nitrogen and oxygen atoms in total. The van der Waals surface area contributed by atoms with Crippen LogP contribution in [0.25, 0.3) is 0 Å². The molecule has 9 heteroatoms. The Morgan fingerprint density at radius 3 is 2.26 bits per heavy atom. The van der Waals surface area contributed by atoms with Crippen LogP contribution in [0, 0.1) is 5.82 Å². The molecule has 1 saturated heterocycles. The molecular formula is C26H26ClFN2O4S. The van der Waals surface area contributed by atoms with Gasteiger partial charge in [0.1, 0.15) is 10.6 Å². The van der Waals surface area contributed by atoms with Crippen molar-refractivity contribution in [3.8, 4) is 0 Å². The first-order valence-electron chi connectivity index (χ1n) is 11.3. The molecule has 1 aliphatic rings. The molecular weight excluding hydrogens is 491 g/mol. The highest BCUT2D eigenvalue weighted by Crippen LogP contribution is 2.44. The molecule has 0 radical (unpaired) electrons. The molecule has 184 valence electrons. The van der Waals surface area contributed by atoms with Gasteiger partial charge in [0.05, 0.1) is 10.6 Å². The zero-order chi connectivity index (χ0) is 25.2. The fraction of sp³-hybridized carbons (Fsp3) is 0.308. The van der Waals surface area contributed by atoms with Gasteiger partial charge in [-0.1, -0.05) is 17.7 Å². The number of rotatable bonds is 6. The first kappa shape index (κ1) is 25.3. The minimum absolute atomic E-state index is 0.0802. The van der Waals surface area contributed by atoms with E-state index in [2.05, 4.69) is 4.98 Å². The third-order valence-corrected chi connectivity index (χ3v) is 9.15. The SMILES string of the molecule is CC(C)N(C(=O)c1ccncc1)c1ccc(C2(S(=O)(=O)c3ccc(Cl)cc3)CCOCC2)cc1F. The standard InChI is InChI=1S/C26H26ClFN2O4S/c1-18(2)30(25(31)19-9-13-29-14-10-19)24-8-3-20(17-23(24)28)26(11-15-34-16-12-26)35(32,33)22-6-4-21(27)5-7-22/h3-10,13-14,17-18H,11-12,15-16H2,1-2H3. The Hall–Kier alpha value is -2.81. The summed E-state index contributed by atoms with van der Waals surface area (Å²) >= 11 is 5.96. The van der Waals surface area contributed by atoms with Crippen molar-refractivity contribution in [3.63, 3.8) is 0 Å². The fourth-order valence-corrected chi connectivity index (χ4v) is 6.71. The Labute approximate surface area is 209 Å². The van der Waals surface area contributed by atoms with E-state index in [0.29, 0.717) is 16.1 Å². The molecule has 1 amide bonds. The van der Waals surface area contributed by atoms with Gasteiger partial charge in [-0.05, 0) is 80.8 Å². The predicted octanol–water partition coefficient (Wildman–Crippen LogP) is 5.41. The van der Waals surface area contributed by atoms with E-state index in [1.54, 1.807) is 32.0 Å². The van der Waals surface area contributed by atoms with Crippen LogP contribution in [0.2, 0.25) is 5.02 Å². The number of ether oxygens (including phenoxy) is 1. The number of carbonyl (C=O) groups is 1. The first-order valence-corrected chi connectivity index (χ1v) is 13.1. The third kappa shape index (κ3) is 4.70.